The van der Waals surface area contributed by atoms with Gasteiger partial charge < -0.3 is 14.0 Å². The molecule has 0 fully saturated rings. The fraction of sp³-hybridized carbons (Fsp3) is 0.263. The zero-order valence-corrected chi connectivity index (χ0v) is 14.9. The number of ether oxygens (including phenoxy) is 2. The predicted octanol–water partition coefficient (Wildman–Crippen LogP) is 3.89. The average Bonchev–Trinajstić information content (AvgIpc) is 3.18. The lowest BCUT2D eigenvalue weighted by atomic mass is 10.1. The van der Waals surface area contributed by atoms with Crippen LogP contribution in [0.4, 0.5) is 0 Å². The summed E-state index contributed by atoms with van der Waals surface area (Å²) in [5.41, 5.74) is 2.74. The van der Waals surface area contributed by atoms with Crippen LogP contribution in [0.5, 0.6) is 11.5 Å². The predicted molar refractivity (Wildman–Crippen MR) is 97.3 cm³/mol. The Labute approximate surface area is 149 Å². The van der Waals surface area contributed by atoms with Crippen LogP contribution >= 0.6 is 11.3 Å². The van der Waals surface area contributed by atoms with Crippen molar-refractivity contribution in [3.05, 3.63) is 52.3 Å². The Kier molecular flexibility index (Phi) is 4.05. The van der Waals surface area contributed by atoms with Gasteiger partial charge in [-0.05, 0) is 25.5 Å². The molecule has 0 N–H and O–H groups in total. The Balaban J connectivity index is 1.84. The molecule has 0 aliphatic carbocycles. The highest BCUT2D eigenvalue weighted by Crippen LogP contribution is 2.37. The average molecular weight is 354 g/mol. The number of carbonyl (C=O) groups is 1. The minimum atomic E-state index is -0.226. The molecule has 0 saturated carbocycles. The van der Waals surface area contributed by atoms with Gasteiger partial charge in [0.1, 0.15) is 0 Å². The van der Waals surface area contributed by atoms with E-state index in [1.54, 1.807) is 0 Å². The first kappa shape index (κ1) is 15.9. The fourth-order valence-electron chi connectivity index (χ4n) is 2.83. The molecule has 4 rings (SSSR count). The molecule has 1 aliphatic rings. The molecule has 1 aliphatic heterocycles. The Bertz CT molecular complexity index is 1020. The van der Waals surface area contributed by atoms with E-state index >= 15 is 0 Å². The summed E-state index contributed by atoms with van der Waals surface area (Å²) >= 11 is 1.50. The molecule has 5 nitrogen and oxygen atoms in total. The van der Waals surface area contributed by atoms with E-state index in [-0.39, 0.29) is 12.7 Å². The van der Waals surface area contributed by atoms with Crippen molar-refractivity contribution in [2.75, 3.05) is 6.79 Å². The minimum absolute atomic E-state index is 0.226. The van der Waals surface area contributed by atoms with Gasteiger partial charge in [0.2, 0.25) is 6.79 Å². The monoisotopic (exact) mass is 354 g/mol. The highest BCUT2D eigenvalue weighted by Gasteiger charge is 2.17. The van der Waals surface area contributed by atoms with E-state index in [1.807, 2.05) is 43.3 Å². The second-order valence-electron chi connectivity index (χ2n) is 5.99. The number of hydrogen-bond acceptors (Lipinski definition) is 4. The number of thiazole rings is 1. The van der Waals surface area contributed by atoms with Crippen LogP contribution in [0.1, 0.15) is 29.3 Å². The lowest BCUT2D eigenvalue weighted by molar-refractivity contribution is 0.0998. The van der Waals surface area contributed by atoms with Crippen LogP contribution < -0.4 is 14.3 Å². The molecule has 0 bridgehead atoms. The summed E-state index contributed by atoms with van der Waals surface area (Å²) in [6.07, 6.45) is 0.951. The first-order valence-corrected chi connectivity index (χ1v) is 9.06. The van der Waals surface area contributed by atoms with Gasteiger partial charge in [0.05, 0.1) is 10.2 Å². The van der Waals surface area contributed by atoms with E-state index in [9.17, 15) is 4.79 Å². The number of benzene rings is 2. The van der Waals surface area contributed by atoms with Gasteiger partial charge in [-0.15, -0.1) is 0 Å². The minimum Gasteiger partial charge on any atom is -0.454 e. The SMILES string of the molecule is CCCn1c(=NC(=O)c2ccc(C)cc2)sc2cc3c(cc21)OCO3. The summed E-state index contributed by atoms with van der Waals surface area (Å²) in [4.78, 5) is 17.6. The Morgan fingerprint density at radius 1 is 1.20 bits per heavy atom. The van der Waals surface area contributed by atoms with Gasteiger partial charge in [-0.2, -0.15) is 4.99 Å². The molecule has 128 valence electrons. The molecule has 1 amide bonds. The number of nitrogens with zero attached hydrogens (tertiary/aromatic N) is 2. The van der Waals surface area contributed by atoms with Crippen LogP contribution in [0.15, 0.2) is 41.4 Å². The standard InChI is InChI=1S/C19H18N2O3S/c1-3-8-21-14-9-15-16(24-11-23-15)10-17(14)25-19(21)20-18(22)13-6-4-12(2)5-7-13/h4-7,9-10H,3,8,11H2,1-2H3. The number of hydrogen-bond donors (Lipinski definition) is 0. The van der Waals surface area contributed by atoms with Crippen molar-refractivity contribution in [2.24, 2.45) is 4.99 Å². The van der Waals surface area contributed by atoms with Crippen molar-refractivity contribution in [3.8, 4) is 11.5 Å². The van der Waals surface area contributed by atoms with E-state index in [2.05, 4.69) is 16.5 Å². The van der Waals surface area contributed by atoms with Gasteiger partial charge in [0, 0.05) is 24.2 Å². The van der Waals surface area contributed by atoms with E-state index in [0.717, 1.165) is 40.2 Å². The van der Waals surface area contributed by atoms with Crippen molar-refractivity contribution in [3.63, 3.8) is 0 Å². The van der Waals surface area contributed by atoms with Crippen molar-refractivity contribution in [1.29, 1.82) is 0 Å². The number of aryl methyl sites for hydroxylation is 2. The van der Waals surface area contributed by atoms with Gasteiger partial charge in [0.15, 0.2) is 16.3 Å². The maximum absolute atomic E-state index is 12.5. The second-order valence-corrected chi connectivity index (χ2v) is 7.00. The summed E-state index contributed by atoms with van der Waals surface area (Å²) in [7, 11) is 0. The molecule has 2 heterocycles. The van der Waals surface area contributed by atoms with Crippen molar-refractivity contribution in [1.82, 2.24) is 4.57 Å². The van der Waals surface area contributed by atoms with Crippen LogP contribution in [0, 0.1) is 6.92 Å². The summed E-state index contributed by atoms with van der Waals surface area (Å²) in [6.45, 7) is 5.15. The zero-order valence-electron chi connectivity index (χ0n) is 14.1. The molecule has 2 aromatic carbocycles. The molecule has 0 radical (unpaired) electrons. The quantitative estimate of drug-likeness (QED) is 0.717. The van der Waals surface area contributed by atoms with Gasteiger partial charge >= 0.3 is 0 Å². The maximum atomic E-state index is 12.5. The molecule has 0 spiro atoms. The van der Waals surface area contributed by atoms with Gasteiger partial charge in [-0.25, -0.2) is 0 Å². The number of aromatic nitrogens is 1. The Hall–Kier alpha value is -2.60. The molecular formula is C19H18N2O3S. The smallest absolute Gasteiger partial charge is 0.279 e. The molecule has 25 heavy (non-hydrogen) atoms. The maximum Gasteiger partial charge on any atom is 0.279 e. The highest BCUT2D eigenvalue weighted by molar-refractivity contribution is 7.16. The number of fused-ring (bicyclic) bond motifs is 2. The normalized spacial score (nSPS) is 13.6. The Morgan fingerprint density at radius 2 is 1.92 bits per heavy atom. The molecule has 0 atom stereocenters. The van der Waals surface area contributed by atoms with Crippen molar-refractivity contribution < 1.29 is 14.3 Å². The van der Waals surface area contributed by atoms with Gasteiger partial charge in [-0.1, -0.05) is 36.0 Å². The van der Waals surface area contributed by atoms with Crippen LogP contribution in [0.3, 0.4) is 0 Å². The summed E-state index contributed by atoms with van der Waals surface area (Å²) in [5, 5.41) is 0. The molecule has 3 aromatic rings. The van der Waals surface area contributed by atoms with Gasteiger partial charge in [-0.3, -0.25) is 4.79 Å². The van der Waals surface area contributed by atoms with Gasteiger partial charge in [0.25, 0.3) is 5.91 Å². The van der Waals surface area contributed by atoms with Crippen LogP contribution in [-0.4, -0.2) is 17.3 Å². The molecular weight excluding hydrogens is 336 g/mol. The lowest BCUT2D eigenvalue weighted by Crippen LogP contribution is -2.16. The largest absolute Gasteiger partial charge is 0.454 e. The highest BCUT2D eigenvalue weighted by atomic mass is 32.1. The molecule has 1 aromatic heterocycles. The summed E-state index contributed by atoms with van der Waals surface area (Å²) < 4.78 is 14.0. The van der Waals surface area contributed by atoms with Crippen LogP contribution in [0.25, 0.3) is 10.2 Å². The topological polar surface area (TPSA) is 52.8 Å². The van der Waals surface area contributed by atoms with Crippen molar-refractivity contribution in [2.45, 2.75) is 26.8 Å². The molecule has 0 unspecified atom stereocenters. The summed E-state index contributed by atoms with van der Waals surface area (Å²) in [6, 6.07) is 11.4. The first-order chi connectivity index (χ1) is 12.2. The molecule has 0 saturated heterocycles. The van der Waals surface area contributed by atoms with E-state index < -0.39 is 0 Å². The third-order valence-corrected chi connectivity index (χ3v) is 5.16. The van der Waals surface area contributed by atoms with E-state index in [1.165, 1.54) is 11.3 Å². The Morgan fingerprint density at radius 3 is 2.64 bits per heavy atom. The second kappa shape index (κ2) is 6.37. The number of amides is 1. The van der Waals surface area contributed by atoms with Crippen LogP contribution in [-0.2, 0) is 6.54 Å². The molecule has 6 heteroatoms. The fourth-order valence-corrected chi connectivity index (χ4v) is 3.90. The number of carbonyl (C=O) groups excluding carboxylic acids is 1. The van der Waals surface area contributed by atoms with E-state index in [0.29, 0.717) is 10.4 Å². The van der Waals surface area contributed by atoms with Crippen molar-refractivity contribution >= 4 is 27.5 Å². The third-order valence-electron chi connectivity index (χ3n) is 4.12. The van der Waals surface area contributed by atoms with E-state index in [4.69, 9.17) is 9.47 Å². The third kappa shape index (κ3) is 2.93. The first-order valence-electron chi connectivity index (χ1n) is 8.24. The lowest BCUT2D eigenvalue weighted by Gasteiger charge is -2.03. The number of rotatable bonds is 3. The zero-order chi connectivity index (χ0) is 17.4. The summed E-state index contributed by atoms with van der Waals surface area (Å²) in [5.74, 6) is 1.26. The van der Waals surface area contributed by atoms with Crippen LogP contribution in [0.2, 0.25) is 0 Å².